The number of hydrogen-bond acceptors (Lipinski definition) is 3. The van der Waals surface area contributed by atoms with Crippen molar-refractivity contribution in [3.63, 3.8) is 0 Å². The minimum Gasteiger partial charge on any atom is -0.298 e. The molecule has 0 aliphatic carbocycles. The third-order valence-electron chi connectivity index (χ3n) is 3.47. The summed E-state index contributed by atoms with van der Waals surface area (Å²) in [6.45, 7) is 0. The third-order valence-corrected chi connectivity index (χ3v) is 5.46. The van der Waals surface area contributed by atoms with Crippen LogP contribution in [0.4, 0.5) is 5.13 Å². The Labute approximate surface area is 170 Å². The van der Waals surface area contributed by atoms with E-state index in [0.29, 0.717) is 26.6 Å². The smallest absolute Gasteiger partial charge is 0.250 e. The minimum absolute atomic E-state index is 0.264. The molecule has 0 radical (unpaired) electrons. The van der Waals surface area contributed by atoms with Gasteiger partial charge < -0.3 is 0 Å². The van der Waals surface area contributed by atoms with Crippen LogP contribution in [0.1, 0.15) is 16.0 Å². The Morgan fingerprint density at radius 2 is 1.88 bits per heavy atom. The molecule has 1 aromatic heterocycles. The summed E-state index contributed by atoms with van der Waals surface area (Å²) in [5, 5.41) is 4.92. The first-order valence-electron chi connectivity index (χ1n) is 7.63. The molecule has 1 N–H and O–H groups in total. The Kier molecular flexibility index (Phi) is 6.33. The van der Waals surface area contributed by atoms with Crippen LogP contribution in [0.3, 0.4) is 0 Å². The predicted octanol–water partition coefficient (Wildman–Crippen LogP) is 6.35. The van der Waals surface area contributed by atoms with Crippen molar-refractivity contribution in [3.8, 4) is 0 Å². The first-order chi connectivity index (χ1) is 12.5. The molecule has 1 heterocycles. The van der Waals surface area contributed by atoms with Gasteiger partial charge in [0.05, 0.1) is 10.0 Å². The lowest BCUT2D eigenvalue weighted by atomic mass is 10.1. The van der Waals surface area contributed by atoms with Crippen LogP contribution in [0.5, 0.6) is 0 Å². The molecule has 1 amide bonds. The molecule has 7 heteroatoms. The average molecular weight is 424 g/mol. The first-order valence-corrected chi connectivity index (χ1v) is 9.58. The number of halogens is 3. The number of amides is 1. The lowest BCUT2D eigenvalue weighted by Gasteiger charge is -2.01. The van der Waals surface area contributed by atoms with Gasteiger partial charge >= 0.3 is 0 Å². The van der Waals surface area contributed by atoms with Gasteiger partial charge in [0.25, 0.3) is 0 Å². The molecule has 3 rings (SSSR count). The van der Waals surface area contributed by atoms with Crippen LogP contribution in [0.2, 0.25) is 15.1 Å². The van der Waals surface area contributed by atoms with E-state index in [1.807, 2.05) is 30.3 Å². The fourth-order valence-corrected chi connectivity index (χ4v) is 3.59. The third kappa shape index (κ3) is 5.08. The van der Waals surface area contributed by atoms with Gasteiger partial charge in [-0.15, -0.1) is 11.3 Å². The van der Waals surface area contributed by atoms with Crippen LogP contribution in [-0.4, -0.2) is 10.9 Å². The summed E-state index contributed by atoms with van der Waals surface area (Å²) in [5.74, 6) is -0.264. The fourth-order valence-electron chi connectivity index (χ4n) is 2.22. The molecule has 0 aliphatic rings. The quantitative estimate of drug-likeness (QED) is 0.486. The summed E-state index contributed by atoms with van der Waals surface area (Å²) in [6, 6.07) is 12.8. The highest BCUT2D eigenvalue weighted by Gasteiger charge is 2.07. The van der Waals surface area contributed by atoms with Crippen molar-refractivity contribution in [1.29, 1.82) is 0 Å². The van der Waals surface area contributed by atoms with Gasteiger partial charge in [0, 0.05) is 28.6 Å². The molecule has 0 aliphatic heterocycles. The second kappa shape index (κ2) is 8.69. The van der Waals surface area contributed by atoms with Crippen molar-refractivity contribution in [2.45, 2.75) is 6.42 Å². The van der Waals surface area contributed by atoms with E-state index >= 15 is 0 Å². The highest BCUT2D eigenvalue weighted by molar-refractivity contribution is 7.15. The van der Waals surface area contributed by atoms with Gasteiger partial charge in [-0.1, -0.05) is 59.1 Å². The van der Waals surface area contributed by atoms with E-state index in [2.05, 4.69) is 10.3 Å². The Morgan fingerprint density at radius 3 is 2.65 bits per heavy atom. The van der Waals surface area contributed by atoms with Gasteiger partial charge in [0.1, 0.15) is 0 Å². The molecule has 3 aromatic rings. The van der Waals surface area contributed by atoms with E-state index in [4.69, 9.17) is 34.8 Å². The van der Waals surface area contributed by atoms with Crippen molar-refractivity contribution in [1.82, 2.24) is 4.98 Å². The maximum Gasteiger partial charge on any atom is 0.250 e. The minimum atomic E-state index is -0.264. The van der Waals surface area contributed by atoms with Crippen LogP contribution in [0, 0.1) is 0 Å². The molecule has 132 valence electrons. The van der Waals surface area contributed by atoms with E-state index in [1.54, 1.807) is 24.4 Å². The first kappa shape index (κ1) is 18.9. The number of carbonyl (C=O) groups excluding carboxylic acids is 1. The molecule has 0 spiro atoms. The monoisotopic (exact) mass is 422 g/mol. The highest BCUT2D eigenvalue weighted by atomic mass is 35.5. The number of nitrogens with zero attached hydrogens (tertiary/aromatic N) is 1. The van der Waals surface area contributed by atoms with Gasteiger partial charge in [-0.25, -0.2) is 4.98 Å². The Balaban J connectivity index is 1.62. The van der Waals surface area contributed by atoms with Crippen LogP contribution in [0.15, 0.2) is 54.7 Å². The van der Waals surface area contributed by atoms with Crippen molar-refractivity contribution in [3.05, 3.63) is 85.8 Å². The molecule has 0 fully saturated rings. The van der Waals surface area contributed by atoms with Crippen LogP contribution in [0.25, 0.3) is 6.08 Å². The lowest BCUT2D eigenvalue weighted by Crippen LogP contribution is -2.07. The van der Waals surface area contributed by atoms with Gasteiger partial charge in [-0.2, -0.15) is 0 Å². The van der Waals surface area contributed by atoms with E-state index in [0.717, 1.165) is 16.0 Å². The SMILES string of the molecule is O=C(C=Cc1ccccc1Cl)Nc1ncc(Cc2ccc(Cl)c(Cl)c2)s1. The van der Waals surface area contributed by atoms with E-state index in [9.17, 15) is 4.79 Å². The molecule has 0 bridgehead atoms. The molecule has 0 atom stereocenters. The Hall–Kier alpha value is -1.85. The normalized spacial score (nSPS) is 11.0. The van der Waals surface area contributed by atoms with Crippen molar-refractivity contribution >= 4 is 63.3 Å². The van der Waals surface area contributed by atoms with Crippen LogP contribution in [-0.2, 0) is 11.2 Å². The summed E-state index contributed by atoms with van der Waals surface area (Å²) in [7, 11) is 0. The van der Waals surface area contributed by atoms with Gasteiger partial charge in [-0.3, -0.25) is 10.1 Å². The van der Waals surface area contributed by atoms with Crippen molar-refractivity contribution in [2.75, 3.05) is 5.32 Å². The van der Waals surface area contributed by atoms with E-state index in [1.165, 1.54) is 17.4 Å². The van der Waals surface area contributed by atoms with E-state index < -0.39 is 0 Å². The number of anilines is 1. The topological polar surface area (TPSA) is 42.0 Å². The molecule has 26 heavy (non-hydrogen) atoms. The fraction of sp³-hybridized carbons (Fsp3) is 0.0526. The second-order valence-corrected chi connectivity index (χ2v) is 7.74. The lowest BCUT2D eigenvalue weighted by molar-refractivity contribution is -0.111. The Morgan fingerprint density at radius 1 is 1.08 bits per heavy atom. The molecular formula is C19H13Cl3N2OS. The number of carbonyl (C=O) groups is 1. The summed E-state index contributed by atoms with van der Waals surface area (Å²) in [4.78, 5) is 17.3. The molecule has 0 unspecified atom stereocenters. The second-order valence-electron chi connectivity index (χ2n) is 5.40. The number of benzene rings is 2. The molecular weight excluding hydrogens is 411 g/mol. The average Bonchev–Trinajstić information content (AvgIpc) is 3.04. The highest BCUT2D eigenvalue weighted by Crippen LogP contribution is 2.26. The van der Waals surface area contributed by atoms with Gasteiger partial charge in [0.15, 0.2) is 5.13 Å². The van der Waals surface area contributed by atoms with Crippen molar-refractivity contribution in [2.24, 2.45) is 0 Å². The Bertz CT molecular complexity index is 969. The van der Waals surface area contributed by atoms with Gasteiger partial charge in [0.2, 0.25) is 5.91 Å². The van der Waals surface area contributed by atoms with Crippen molar-refractivity contribution < 1.29 is 4.79 Å². The summed E-state index contributed by atoms with van der Waals surface area (Å²) < 4.78 is 0. The molecule has 2 aromatic carbocycles. The largest absolute Gasteiger partial charge is 0.298 e. The maximum absolute atomic E-state index is 12.0. The zero-order chi connectivity index (χ0) is 18.5. The predicted molar refractivity (Wildman–Crippen MR) is 110 cm³/mol. The standard InChI is InChI=1S/C19H13Cl3N2OS/c20-15-4-2-1-3-13(15)6-8-18(25)24-19-23-11-14(26-19)9-12-5-7-16(21)17(22)10-12/h1-8,10-11H,9H2,(H,23,24,25). The van der Waals surface area contributed by atoms with Crippen LogP contribution >= 0.6 is 46.1 Å². The molecule has 3 nitrogen and oxygen atoms in total. The van der Waals surface area contributed by atoms with E-state index in [-0.39, 0.29) is 5.91 Å². The van der Waals surface area contributed by atoms with Crippen LogP contribution < -0.4 is 5.32 Å². The number of hydrogen-bond donors (Lipinski definition) is 1. The number of rotatable bonds is 5. The number of aromatic nitrogens is 1. The zero-order valence-electron chi connectivity index (χ0n) is 13.4. The number of nitrogens with one attached hydrogen (secondary N) is 1. The summed E-state index contributed by atoms with van der Waals surface area (Å²) in [5.41, 5.74) is 1.81. The summed E-state index contributed by atoms with van der Waals surface area (Å²) >= 11 is 19.4. The molecule has 0 saturated heterocycles. The maximum atomic E-state index is 12.0. The zero-order valence-corrected chi connectivity index (χ0v) is 16.5. The molecule has 0 saturated carbocycles. The van der Waals surface area contributed by atoms with Gasteiger partial charge in [-0.05, 0) is 35.4 Å². The number of thiazole rings is 1. The summed E-state index contributed by atoms with van der Waals surface area (Å²) in [6.07, 6.45) is 5.50.